The van der Waals surface area contributed by atoms with Crippen LogP contribution in [0.5, 0.6) is 5.75 Å². The molecule has 19 heavy (non-hydrogen) atoms. The van der Waals surface area contributed by atoms with Gasteiger partial charge in [-0.1, -0.05) is 12.1 Å². The lowest BCUT2D eigenvalue weighted by Gasteiger charge is -2.23. The number of hydrogen-bond acceptors (Lipinski definition) is 4. The molecule has 0 bridgehead atoms. The van der Waals surface area contributed by atoms with Crippen molar-refractivity contribution in [3.8, 4) is 17.0 Å². The molecule has 1 aromatic heterocycles. The first-order valence-electron chi connectivity index (χ1n) is 6.47. The van der Waals surface area contributed by atoms with Gasteiger partial charge in [0, 0.05) is 11.6 Å². The van der Waals surface area contributed by atoms with E-state index in [-0.39, 0.29) is 0 Å². The molecular formula is C14H17N3OS. The van der Waals surface area contributed by atoms with Gasteiger partial charge in [0.1, 0.15) is 17.7 Å². The Morgan fingerprint density at radius 1 is 1.26 bits per heavy atom. The van der Waals surface area contributed by atoms with Crippen LogP contribution in [-0.4, -0.2) is 27.8 Å². The van der Waals surface area contributed by atoms with E-state index in [0.717, 1.165) is 29.8 Å². The number of H-pyrrole nitrogens is 1. The van der Waals surface area contributed by atoms with Gasteiger partial charge in [-0.3, -0.25) is 5.10 Å². The third-order valence-corrected chi connectivity index (χ3v) is 4.29. The van der Waals surface area contributed by atoms with Crippen LogP contribution >= 0.6 is 11.8 Å². The lowest BCUT2D eigenvalue weighted by molar-refractivity contribution is 0.193. The lowest BCUT2D eigenvalue weighted by atomic mass is 10.1. The molecule has 0 radical (unpaired) electrons. The molecule has 1 aromatic carbocycles. The van der Waals surface area contributed by atoms with Crippen LogP contribution in [0.25, 0.3) is 11.3 Å². The van der Waals surface area contributed by atoms with Crippen molar-refractivity contribution in [1.82, 2.24) is 10.2 Å². The van der Waals surface area contributed by atoms with Crippen molar-refractivity contribution in [1.29, 1.82) is 0 Å². The molecule has 3 rings (SSSR count). The van der Waals surface area contributed by atoms with Gasteiger partial charge in [-0.05, 0) is 36.5 Å². The highest BCUT2D eigenvalue weighted by molar-refractivity contribution is 7.99. The highest BCUT2D eigenvalue weighted by Gasteiger charge is 2.17. The first-order chi connectivity index (χ1) is 9.33. The molecule has 1 aliphatic rings. The van der Waals surface area contributed by atoms with Gasteiger partial charge in [0.2, 0.25) is 0 Å². The van der Waals surface area contributed by atoms with Crippen molar-refractivity contribution in [3.63, 3.8) is 0 Å². The Bertz CT molecular complexity index is 549. The van der Waals surface area contributed by atoms with Gasteiger partial charge in [-0.15, -0.1) is 0 Å². The molecule has 3 N–H and O–H groups in total. The molecular weight excluding hydrogens is 258 g/mol. The van der Waals surface area contributed by atoms with Crippen molar-refractivity contribution in [2.75, 3.05) is 17.2 Å². The molecule has 1 aliphatic heterocycles. The third-order valence-electron chi connectivity index (χ3n) is 3.24. The van der Waals surface area contributed by atoms with Gasteiger partial charge in [0.25, 0.3) is 0 Å². The minimum absolute atomic E-state index is 0.322. The number of rotatable bonds is 3. The van der Waals surface area contributed by atoms with Crippen LogP contribution in [0.15, 0.2) is 30.3 Å². The van der Waals surface area contributed by atoms with Crippen molar-refractivity contribution >= 4 is 17.6 Å². The molecule has 0 unspecified atom stereocenters. The number of nitrogens with zero attached hydrogens (tertiary/aromatic N) is 1. The van der Waals surface area contributed by atoms with Crippen LogP contribution in [-0.2, 0) is 0 Å². The lowest BCUT2D eigenvalue weighted by Crippen LogP contribution is -2.22. The fourth-order valence-electron chi connectivity index (χ4n) is 2.24. The zero-order valence-corrected chi connectivity index (χ0v) is 11.5. The summed E-state index contributed by atoms with van der Waals surface area (Å²) >= 11 is 2.00. The van der Waals surface area contributed by atoms with Gasteiger partial charge in [0.15, 0.2) is 0 Å². The number of thioether (sulfide) groups is 1. The molecule has 2 aromatic rings. The Morgan fingerprint density at radius 2 is 2.05 bits per heavy atom. The molecule has 0 amide bonds. The van der Waals surface area contributed by atoms with Crippen molar-refractivity contribution in [3.05, 3.63) is 30.3 Å². The summed E-state index contributed by atoms with van der Waals surface area (Å²) in [6.07, 6.45) is 2.55. The fraction of sp³-hybridized carbons (Fsp3) is 0.357. The maximum atomic E-state index is 6.15. The number of anilines is 1. The predicted molar refractivity (Wildman–Crippen MR) is 79.4 cm³/mol. The predicted octanol–water partition coefficient (Wildman–Crippen LogP) is 2.93. The normalized spacial score (nSPS) is 16.4. The Kier molecular flexibility index (Phi) is 3.64. The summed E-state index contributed by atoms with van der Waals surface area (Å²) in [7, 11) is 0. The van der Waals surface area contributed by atoms with Gasteiger partial charge in [-0.25, -0.2) is 0 Å². The second-order valence-corrected chi connectivity index (χ2v) is 5.86. The number of aromatic amines is 1. The number of ether oxygens (including phenoxy) is 1. The summed E-state index contributed by atoms with van der Waals surface area (Å²) in [6, 6.07) is 9.86. The SMILES string of the molecule is Nc1cc(-c2ccccc2OC2CCSCC2)[nH]n1. The number of para-hydroxylation sites is 1. The average molecular weight is 275 g/mol. The first-order valence-corrected chi connectivity index (χ1v) is 7.63. The van der Waals surface area contributed by atoms with Crippen LogP contribution < -0.4 is 10.5 Å². The maximum absolute atomic E-state index is 6.15. The molecule has 0 aliphatic carbocycles. The molecule has 0 atom stereocenters. The van der Waals surface area contributed by atoms with Crippen LogP contribution in [0, 0.1) is 0 Å². The summed E-state index contributed by atoms with van der Waals surface area (Å²) in [6.45, 7) is 0. The maximum Gasteiger partial charge on any atom is 0.145 e. The monoisotopic (exact) mass is 275 g/mol. The van der Waals surface area contributed by atoms with E-state index in [9.17, 15) is 0 Å². The van der Waals surface area contributed by atoms with E-state index in [4.69, 9.17) is 10.5 Å². The Labute approximate surface area is 116 Å². The van der Waals surface area contributed by atoms with E-state index in [2.05, 4.69) is 10.2 Å². The second kappa shape index (κ2) is 5.57. The minimum atomic E-state index is 0.322. The molecule has 2 heterocycles. The highest BCUT2D eigenvalue weighted by Crippen LogP contribution is 2.31. The van der Waals surface area contributed by atoms with Crippen molar-refractivity contribution < 1.29 is 4.74 Å². The average Bonchev–Trinajstić information content (AvgIpc) is 2.87. The van der Waals surface area contributed by atoms with E-state index in [1.54, 1.807) is 0 Å². The zero-order chi connectivity index (χ0) is 13.1. The topological polar surface area (TPSA) is 63.9 Å². The number of hydrogen-bond donors (Lipinski definition) is 2. The van der Waals surface area contributed by atoms with E-state index < -0.39 is 0 Å². The van der Waals surface area contributed by atoms with Gasteiger partial charge < -0.3 is 10.5 Å². The quantitative estimate of drug-likeness (QED) is 0.904. The third kappa shape index (κ3) is 2.87. The fourth-order valence-corrected chi connectivity index (χ4v) is 3.30. The molecule has 5 heteroatoms. The minimum Gasteiger partial charge on any atom is -0.490 e. The molecule has 0 saturated carbocycles. The summed E-state index contributed by atoms with van der Waals surface area (Å²) in [5, 5.41) is 6.92. The molecule has 4 nitrogen and oxygen atoms in total. The second-order valence-electron chi connectivity index (χ2n) is 4.63. The van der Waals surface area contributed by atoms with E-state index in [1.165, 1.54) is 11.5 Å². The Morgan fingerprint density at radius 3 is 2.79 bits per heavy atom. The number of aromatic nitrogens is 2. The molecule has 100 valence electrons. The van der Waals surface area contributed by atoms with Gasteiger partial charge in [-0.2, -0.15) is 16.9 Å². The Balaban J connectivity index is 1.84. The molecule has 1 saturated heterocycles. The van der Waals surface area contributed by atoms with E-state index in [0.29, 0.717) is 11.9 Å². The number of nitrogens with two attached hydrogens (primary N) is 1. The van der Waals surface area contributed by atoms with Crippen molar-refractivity contribution in [2.45, 2.75) is 18.9 Å². The summed E-state index contributed by atoms with van der Waals surface area (Å²) in [5.41, 5.74) is 7.58. The van der Waals surface area contributed by atoms with Gasteiger partial charge in [0.05, 0.1) is 5.69 Å². The highest BCUT2D eigenvalue weighted by atomic mass is 32.2. The van der Waals surface area contributed by atoms with E-state index in [1.807, 2.05) is 42.1 Å². The first kappa shape index (κ1) is 12.4. The smallest absolute Gasteiger partial charge is 0.145 e. The molecule has 1 fully saturated rings. The van der Waals surface area contributed by atoms with Crippen LogP contribution in [0.3, 0.4) is 0 Å². The number of nitrogens with one attached hydrogen (secondary N) is 1. The zero-order valence-electron chi connectivity index (χ0n) is 10.6. The van der Waals surface area contributed by atoms with Gasteiger partial charge >= 0.3 is 0 Å². The summed E-state index contributed by atoms with van der Waals surface area (Å²) in [4.78, 5) is 0. The standard InChI is InChI=1S/C14H17N3OS/c15-14-9-12(16-17-14)11-3-1-2-4-13(11)18-10-5-7-19-8-6-10/h1-4,9-10H,5-8H2,(H3,15,16,17). The summed E-state index contributed by atoms with van der Waals surface area (Å²) < 4.78 is 6.15. The Hall–Kier alpha value is -1.62. The van der Waals surface area contributed by atoms with Crippen molar-refractivity contribution in [2.24, 2.45) is 0 Å². The van der Waals surface area contributed by atoms with Crippen LogP contribution in [0.4, 0.5) is 5.82 Å². The van der Waals surface area contributed by atoms with E-state index >= 15 is 0 Å². The number of nitrogen functional groups attached to an aromatic ring is 1. The summed E-state index contributed by atoms with van der Waals surface area (Å²) in [5.74, 6) is 3.77. The van der Waals surface area contributed by atoms with Crippen LogP contribution in [0.2, 0.25) is 0 Å². The largest absolute Gasteiger partial charge is 0.490 e. The molecule has 0 spiro atoms. The number of benzene rings is 1. The van der Waals surface area contributed by atoms with Crippen LogP contribution in [0.1, 0.15) is 12.8 Å².